The maximum absolute atomic E-state index is 12.9. The minimum absolute atomic E-state index is 0.0933. The molecule has 0 aliphatic heterocycles. The van der Waals surface area contributed by atoms with Gasteiger partial charge in [0.25, 0.3) is 5.91 Å². The number of carbonyl (C=O) groups is 3. The van der Waals surface area contributed by atoms with E-state index in [0.29, 0.717) is 20.6 Å². The van der Waals surface area contributed by atoms with E-state index in [4.69, 9.17) is 9.47 Å². The van der Waals surface area contributed by atoms with Crippen LogP contribution in [0.15, 0.2) is 35.3 Å². The number of hydrogen-bond acceptors (Lipinski definition) is 6. The standard InChI is InChI=1S/C24H26N2O5S/c1-6-31-23(29)17-7-8-19-20(11-17)32-24(26(19)13-22(28)30-5)25-21(27)12-18-15(3)9-14(2)10-16(18)4/h7-11H,6,12-13H2,1-5H3. The lowest BCUT2D eigenvalue weighted by Gasteiger charge is -2.09. The van der Waals surface area contributed by atoms with Crippen molar-refractivity contribution < 1.29 is 23.9 Å². The van der Waals surface area contributed by atoms with Gasteiger partial charge < -0.3 is 14.0 Å². The van der Waals surface area contributed by atoms with Gasteiger partial charge in [0.2, 0.25) is 0 Å². The topological polar surface area (TPSA) is 87.0 Å². The van der Waals surface area contributed by atoms with E-state index in [0.717, 1.165) is 22.3 Å². The van der Waals surface area contributed by atoms with Crippen molar-refractivity contribution >= 4 is 39.4 Å². The maximum Gasteiger partial charge on any atom is 0.338 e. The van der Waals surface area contributed by atoms with Crippen LogP contribution in [0.3, 0.4) is 0 Å². The van der Waals surface area contributed by atoms with E-state index in [-0.39, 0.29) is 25.5 Å². The predicted octanol–water partition coefficient (Wildman–Crippen LogP) is 3.65. The van der Waals surface area contributed by atoms with Crippen LogP contribution < -0.4 is 4.80 Å². The summed E-state index contributed by atoms with van der Waals surface area (Å²) < 4.78 is 12.2. The minimum Gasteiger partial charge on any atom is -0.468 e. The third-order valence-corrected chi connectivity index (χ3v) is 6.14. The molecule has 2 aromatic carbocycles. The highest BCUT2D eigenvalue weighted by Gasteiger charge is 2.15. The summed E-state index contributed by atoms with van der Waals surface area (Å²) in [5.41, 5.74) is 5.27. The van der Waals surface area contributed by atoms with Crippen molar-refractivity contribution in [3.05, 3.63) is 63.0 Å². The van der Waals surface area contributed by atoms with Crippen LogP contribution in [0.1, 0.15) is 39.5 Å². The Kier molecular flexibility index (Phi) is 7.25. The molecule has 0 aliphatic carbocycles. The maximum atomic E-state index is 12.9. The van der Waals surface area contributed by atoms with Gasteiger partial charge in [-0.2, -0.15) is 4.99 Å². The number of carbonyl (C=O) groups excluding carboxylic acids is 3. The molecule has 32 heavy (non-hydrogen) atoms. The first-order valence-electron chi connectivity index (χ1n) is 10.2. The first-order chi connectivity index (χ1) is 15.2. The lowest BCUT2D eigenvalue weighted by atomic mass is 9.97. The molecule has 0 aliphatic rings. The summed E-state index contributed by atoms with van der Waals surface area (Å²) in [6.45, 7) is 7.91. The van der Waals surface area contributed by atoms with Gasteiger partial charge in [-0.3, -0.25) is 9.59 Å². The number of amides is 1. The zero-order valence-corrected chi connectivity index (χ0v) is 19.7. The summed E-state index contributed by atoms with van der Waals surface area (Å²) in [5, 5.41) is 0. The van der Waals surface area contributed by atoms with E-state index < -0.39 is 11.9 Å². The van der Waals surface area contributed by atoms with Crippen LogP contribution in [-0.4, -0.2) is 36.1 Å². The third kappa shape index (κ3) is 5.13. The lowest BCUT2D eigenvalue weighted by molar-refractivity contribution is -0.141. The summed E-state index contributed by atoms with van der Waals surface area (Å²) >= 11 is 1.24. The fourth-order valence-corrected chi connectivity index (χ4v) is 4.72. The SMILES string of the molecule is CCOC(=O)c1ccc2c(c1)sc(=NC(=O)Cc1c(C)cc(C)cc1C)n2CC(=O)OC. The number of benzene rings is 2. The van der Waals surface area contributed by atoms with Gasteiger partial charge in [0.1, 0.15) is 6.54 Å². The quantitative estimate of drug-likeness (QED) is 0.531. The molecule has 1 amide bonds. The van der Waals surface area contributed by atoms with Crippen molar-refractivity contribution in [2.45, 2.75) is 40.7 Å². The second-order valence-corrected chi connectivity index (χ2v) is 8.52. The Bertz CT molecular complexity index is 1250. The van der Waals surface area contributed by atoms with Crippen molar-refractivity contribution in [2.24, 2.45) is 4.99 Å². The van der Waals surface area contributed by atoms with Crippen molar-refractivity contribution in [1.82, 2.24) is 4.57 Å². The Hall–Kier alpha value is -3.26. The van der Waals surface area contributed by atoms with Gasteiger partial charge in [-0.15, -0.1) is 0 Å². The molecule has 7 nitrogen and oxygen atoms in total. The van der Waals surface area contributed by atoms with Gasteiger partial charge in [-0.1, -0.05) is 29.0 Å². The average molecular weight is 455 g/mol. The van der Waals surface area contributed by atoms with E-state index in [1.807, 2.05) is 32.9 Å². The van der Waals surface area contributed by atoms with Crippen molar-refractivity contribution in [3.63, 3.8) is 0 Å². The second-order valence-electron chi connectivity index (χ2n) is 7.51. The second kappa shape index (κ2) is 9.91. The molecule has 8 heteroatoms. The monoisotopic (exact) mass is 454 g/mol. The Labute approximate surface area is 190 Å². The number of rotatable bonds is 6. The Balaban J connectivity index is 2.05. The first-order valence-corrected chi connectivity index (χ1v) is 11.1. The van der Waals surface area contributed by atoms with Crippen LogP contribution in [-0.2, 0) is 32.0 Å². The summed E-state index contributed by atoms with van der Waals surface area (Å²) in [6, 6.07) is 9.13. The van der Waals surface area contributed by atoms with Crippen molar-refractivity contribution in [2.75, 3.05) is 13.7 Å². The number of methoxy groups -OCH3 is 1. The lowest BCUT2D eigenvalue weighted by Crippen LogP contribution is -2.22. The molecule has 0 N–H and O–H groups in total. The van der Waals surface area contributed by atoms with Gasteiger partial charge in [0.15, 0.2) is 4.80 Å². The molecule has 0 unspecified atom stereocenters. The van der Waals surface area contributed by atoms with Crippen LogP contribution >= 0.6 is 11.3 Å². The molecule has 0 bridgehead atoms. The highest BCUT2D eigenvalue weighted by atomic mass is 32.1. The zero-order chi connectivity index (χ0) is 23.4. The van der Waals surface area contributed by atoms with Gasteiger partial charge >= 0.3 is 11.9 Å². The zero-order valence-electron chi connectivity index (χ0n) is 18.9. The molecule has 3 aromatic rings. The van der Waals surface area contributed by atoms with Crippen LogP contribution in [0.2, 0.25) is 0 Å². The highest BCUT2D eigenvalue weighted by molar-refractivity contribution is 7.16. The molecule has 168 valence electrons. The molecular formula is C24H26N2O5S. The van der Waals surface area contributed by atoms with Crippen molar-refractivity contribution in [1.29, 1.82) is 0 Å². The molecule has 0 spiro atoms. The average Bonchev–Trinajstić information content (AvgIpc) is 3.06. The van der Waals surface area contributed by atoms with Gasteiger partial charge in [-0.05, 0) is 62.6 Å². The fourth-order valence-electron chi connectivity index (χ4n) is 3.63. The number of fused-ring (bicyclic) bond motifs is 1. The number of aromatic nitrogens is 1. The minimum atomic E-state index is -0.460. The van der Waals surface area contributed by atoms with Gasteiger partial charge in [0.05, 0.1) is 35.9 Å². The van der Waals surface area contributed by atoms with Gasteiger partial charge in [-0.25, -0.2) is 4.79 Å². The van der Waals surface area contributed by atoms with E-state index >= 15 is 0 Å². The van der Waals surface area contributed by atoms with Crippen LogP contribution in [0.5, 0.6) is 0 Å². The molecule has 0 atom stereocenters. The van der Waals surface area contributed by atoms with Crippen molar-refractivity contribution in [3.8, 4) is 0 Å². The Morgan fingerprint density at radius 1 is 1.06 bits per heavy atom. The molecule has 3 rings (SSSR count). The number of thiazole rings is 1. The predicted molar refractivity (Wildman–Crippen MR) is 123 cm³/mol. The molecule has 0 saturated heterocycles. The van der Waals surface area contributed by atoms with Crippen LogP contribution in [0, 0.1) is 20.8 Å². The van der Waals surface area contributed by atoms with E-state index in [2.05, 4.69) is 4.99 Å². The summed E-state index contributed by atoms with van der Waals surface area (Å²) in [5.74, 6) is -1.20. The molecule has 1 aromatic heterocycles. The summed E-state index contributed by atoms with van der Waals surface area (Å²) in [4.78, 5) is 41.6. The molecule has 0 fully saturated rings. The number of ether oxygens (including phenoxy) is 2. The fraction of sp³-hybridized carbons (Fsp3) is 0.333. The summed E-state index contributed by atoms with van der Waals surface area (Å²) in [6.07, 6.45) is 0.165. The molecule has 0 saturated carbocycles. The number of aryl methyl sites for hydroxylation is 3. The normalized spacial score (nSPS) is 11.6. The highest BCUT2D eigenvalue weighted by Crippen LogP contribution is 2.21. The Morgan fingerprint density at radius 2 is 1.75 bits per heavy atom. The van der Waals surface area contributed by atoms with E-state index in [1.165, 1.54) is 18.4 Å². The van der Waals surface area contributed by atoms with E-state index in [9.17, 15) is 14.4 Å². The third-order valence-electron chi connectivity index (χ3n) is 5.10. The smallest absolute Gasteiger partial charge is 0.338 e. The van der Waals surface area contributed by atoms with E-state index in [1.54, 1.807) is 29.7 Å². The Morgan fingerprint density at radius 3 is 2.38 bits per heavy atom. The van der Waals surface area contributed by atoms with Crippen LogP contribution in [0.25, 0.3) is 10.2 Å². The first kappa shape index (κ1) is 23.4. The largest absolute Gasteiger partial charge is 0.468 e. The molecule has 1 heterocycles. The van der Waals surface area contributed by atoms with Gasteiger partial charge in [0, 0.05) is 0 Å². The molecular weight excluding hydrogens is 428 g/mol. The van der Waals surface area contributed by atoms with Crippen LogP contribution in [0.4, 0.5) is 0 Å². The summed E-state index contributed by atoms with van der Waals surface area (Å²) in [7, 11) is 1.31. The number of nitrogens with zero attached hydrogens (tertiary/aromatic N) is 2. The number of esters is 2. The molecule has 0 radical (unpaired) electrons. The number of hydrogen-bond donors (Lipinski definition) is 0.